The molecular formula is C20H31NS. The molecule has 0 unspecified atom stereocenters. The van der Waals surface area contributed by atoms with Crippen molar-refractivity contribution in [2.45, 2.75) is 48.5 Å². The first-order chi connectivity index (χ1) is 10.5. The van der Waals surface area contributed by atoms with E-state index in [4.69, 9.17) is 0 Å². The zero-order valence-electron chi connectivity index (χ0n) is 15.1. The summed E-state index contributed by atoms with van der Waals surface area (Å²) in [4.78, 5) is 4.64. The maximum Gasteiger partial charge on any atom is 0.0455 e. The van der Waals surface area contributed by atoms with Crippen molar-refractivity contribution in [1.82, 2.24) is 4.98 Å². The molecule has 0 saturated carbocycles. The topological polar surface area (TPSA) is 15.8 Å². The number of thiophene rings is 1. The van der Waals surface area contributed by atoms with Gasteiger partial charge in [0.05, 0.1) is 0 Å². The van der Waals surface area contributed by atoms with E-state index < -0.39 is 0 Å². The number of aromatic nitrogens is 1. The summed E-state index contributed by atoms with van der Waals surface area (Å²) in [5.74, 6) is 0.833. The van der Waals surface area contributed by atoms with Crippen LogP contribution in [0.2, 0.25) is 0 Å². The van der Waals surface area contributed by atoms with E-state index in [0.717, 1.165) is 5.92 Å². The normalized spacial score (nSPS) is 9.09. The molecule has 1 N–H and O–H groups in total. The quantitative estimate of drug-likeness (QED) is 0.450. The Hall–Kier alpha value is -1.54. The van der Waals surface area contributed by atoms with Crippen LogP contribution in [0.25, 0.3) is 10.9 Å². The van der Waals surface area contributed by atoms with Crippen LogP contribution >= 0.6 is 11.3 Å². The highest BCUT2D eigenvalue weighted by molar-refractivity contribution is 7.09. The molecule has 0 atom stereocenters. The summed E-state index contributed by atoms with van der Waals surface area (Å²) in [6.45, 7) is 14.7. The van der Waals surface area contributed by atoms with Crippen molar-refractivity contribution in [3.8, 4) is 0 Å². The van der Waals surface area contributed by atoms with Gasteiger partial charge in [-0.3, -0.25) is 0 Å². The second-order valence-electron chi connectivity index (χ2n) is 5.50. The summed E-state index contributed by atoms with van der Waals surface area (Å²) in [6, 6.07) is 14.6. The molecule has 0 radical (unpaired) electrons. The van der Waals surface area contributed by atoms with Crippen molar-refractivity contribution in [2.24, 2.45) is 5.92 Å². The van der Waals surface area contributed by atoms with Gasteiger partial charge in [-0.2, -0.15) is 0 Å². The van der Waals surface area contributed by atoms with Crippen molar-refractivity contribution < 1.29 is 0 Å². The summed E-state index contributed by atoms with van der Waals surface area (Å²) in [5, 5.41) is 3.37. The predicted molar refractivity (Wildman–Crippen MR) is 104 cm³/mol. The maximum atomic E-state index is 3.26. The first-order valence-electron chi connectivity index (χ1n) is 8.03. The van der Waals surface area contributed by atoms with Gasteiger partial charge in [0.1, 0.15) is 0 Å². The van der Waals surface area contributed by atoms with E-state index in [0.29, 0.717) is 0 Å². The number of aryl methyl sites for hydroxylation is 2. The van der Waals surface area contributed by atoms with E-state index in [9.17, 15) is 0 Å². The van der Waals surface area contributed by atoms with Gasteiger partial charge in [0.2, 0.25) is 0 Å². The van der Waals surface area contributed by atoms with E-state index >= 15 is 0 Å². The van der Waals surface area contributed by atoms with Crippen LogP contribution in [0.15, 0.2) is 47.8 Å². The fourth-order valence-corrected chi connectivity index (χ4v) is 2.11. The van der Waals surface area contributed by atoms with Gasteiger partial charge in [0.15, 0.2) is 0 Å². The number of rotatable bonds is 0. The lowest BCUT2D eigenvalue weighted by atomic mass is 10.2. The highest BCUT2D eigenvalue weighted by Crippen LogP contribution is 2.12. The Labute approximate surface area is 140 Å². The van der Waals surface area contributed by atoms with Crippen LogP contribution in [0.4, 0.5) is 0 Å². The van der Waals surface area contributed by atoms with E-state index in [1.807, 2.05) is 19.9 Å². The Kier molecular flexibility index (Phi) is 11.2. The number of benzene rings is 1. The number of H-pyrrole nitrogens is 1. The largest absolute Gasteiger partial charge is 0.359 e. The Morgan fingerprint density at radius 3 is 1.91 bits per heavy atom. The highest BCUT2D eigenvalue weighted by atomic mass is 32.1. The molecule has 0 amide bonds. The van der Waals surface area contributed by atoms with Crippen LogP contribution in [-0.2, 0) is 0 Å². The van der Waals surface area contributed by atoms with Gasteiger partial charge in [-0.25, -0.2) is 0 Å². The zero-order valence-corrected chi connectivity index (χ0v) is 15.9. The molecular weight excluding hydrogens is 286 g/mol. The van der Waals surface area contributed by atoms with Crippen LogP contribution in [0.3, 0.4) is 0 Å². The molecule has 0 saturated heterocycles. The summed E-state index contributed by atoms with van der Waals surface area (Å²) >= 11 is 1.78. The molecule has 0 bridgehead atoms. The molecule has 3 rings (SSSR count). The number of hydrogen-bond donors (Lipinski definition) is 1. The molecule has 2 heteroatoms. The minimum absolute atomic E-state index is 0.833. The second-order valence-corrected chi connectivity index (χ2v) is 6.65. The molecule has 22 heavy (non-hydrogen) atoms. The molecule has 122 valence electrons. The average molecular weight is 318 g/mol. The van der Waals surface area contributed by atoms with Crippen molar-refractivity contribution in [1.29, 1.82) is 0 Å². The summed E-state index contributed by atoms with van der Waals surface area (Å²) in [6.07, 6.45) is 0. The molecule has 1 aromatic carbocycles. The summed E-state index contributed by atoms with van der Waals surface area (Å²) in [7, 11) is 0. The zero-order chi connectivity index (χ0) is 17.0. The van der Waals surface area contributed by atoms with E-state index in [1.54, 1.807) is 11.3 Å². The summed E-state index contributed by atoms with van der Waals surface area (Å²) in [5.41, 5.74) is 2.45. The van der Waals surface area contributed by atoms with Gasteiger partial charge < -0.3 is 4.98 Å². The van der Waals surface area contributed by atoms with E-state index in [1.165, 1.54) is 21.5 Å². The Morgan fingerprint density at radius 2 is 1.50 bits per heavy atom. The van der Waals surface area contributed by atoms with Gasteiger partial charge >= 0.3 is 0 Å². The van der Waals surface area contributed by atoms with Gasteiger partial charge in [-0.05, 0) is 48.7 Å². The first-order valence-corrected chi connectivity index (χ1v) is 8.91. The van der Waals surface area contributed by atoms with Crippen molar-refractivity contribution in [3.63, 3.8) is 0 Å². The standard InChI is InChI=1S/C9H9N.C5H6S.C4H10.C2H6/c1-7-6-8-4-2-3-5-9(8)10-7;1-5-3-2-4-6-5;1-4(2)3;1-2/h2-6,10H,1H3;2-4H,1H3;4H,1-3H3;1-2H3. The third-order valence-electron chi connectivity index (χ3n) is 2.33. The van der Waals surface area contributed by atoms with Crippen molar-refractivity contribution in [3.05, 3.63) is 58.4 Å². The van der Waals surface area contributed by atoms with E-state index in [2.05, 4.69) is 81.4 Å². The smallest absolute Gasteiger partial charge is 0.0455 e. The van der Waals surface area contributed by atoms with Crippen LogP contribution in [0.5, 0.6) is 0 Å². The number of fused-ring (bicyclic) bond motifs is 1. The lowest BCUT2D eigenvalue weighted by Gasteiger charge is -1.83. The number of aromatic amines is 1. The van der Waals surface area contributed by atoms with Gasteiger partial charge in [-0.1, -0.05) is 58.9 Å². The third-order valence-corrected chi connectivity index (χ3v) is 3.13. The van der Waals surface area contributed by atoms with E-state index in [-0.39, 0.29) is 0 Å². The fraction of sp³-hybridized carbons (Fsp3) is 0.400. The fourth-order valence-electron chi connectivity index (χ4n) is 1.58. The lowest BCUT2D eigenvalue weighted by molar-refractivity contribution is 0.737. The first kappa shape index (κ1) is 20.5. The predicted octanol–water partition coefficient (Wildman–Crippen LogP) is 7.22. The lowest BCUT2D eigenvalue weighted by Crippen LogP contribution is -1.66. The molecule has 2 heterocycles. The monoisotopic (exact) mass is 317 g/mol. The Morgan fingerprint density at radius 1 is 0.909 bits per heavy atom. The maximum absolute atomic E-state index is 3.26. The average Bonchev–Trinajstić information content (AvgIpc) is 3.08. The second kappa shape index (κ2) is 12.0. The summed E-state index contributed by atoms with van der Waals surface area (Å²) < 4.78 is 0. The molecule has 0 spiro atoms. The van der Waals surface area contributed by atoms with Gasteiger partial charge in [0, 0.05) is 16.1 Å². The van der Waals surface area contributed by atoms with Crippen molar-refractivity contribution >= 4 is 22.2 Å². The van der Waals surface area contributed by atoms with Crippen LogP contribution in [0, 0.1) is 19.8 Å². The Bertz CT molecular complexity index is 555. The molecule has 0 aliphatic heterocycles. The van der Waals surface area contributed by atoms with Crippen molar-refractivity contribution in [2.75, 3.05) is 0 Å². The van der Waals surface area contributed by atoms with Gasteiger partial charge in [0.25, 0.3) is 0 Å². The number of para-hydroxylation sites is 1. The molecule has 0 fully saturated rings. The SMILES string of the molecule is CC.CC(C)C.Cc1cc2ccccc2[nH]1.Cc1cccs1. The van der Waals surface area contributed by atoms with Crippen LogP contribution < -0.4 is 0 Å². The highest BCUT2D eigenvalue weighted by Gasteiger charge is 1.92. The molecule has 3 aromatic rings. The third kappa shape index (κ3) is 9.41. The number of nitrogens with one attached hydrogen (secondary N) is 1. The van der Waals surface area contributed by atoms with Crippen LogP contribution in [-0.4, -0.2) is 4.98 Å². The molecule has 1 nitrogen and oxygen atoms in total. The Balaban J connectivity index is 0.000000317. The molecule has 0 aliphatic carbocycles. The minimum atomic E-state index is 0.833. The molecule has 2 aromatic heterocycles. The van der Waals surface area contributed by atoms with Gasteiger partial charge in [-0.15, -0.1) is 11.3 Å². The molecule has 0 aliphatic rings. The minimum Gasteiger partial charge on any atom is -0.359 e. The number of hydrogen-bond acceptors (Lipinski definition) is 1. The van der Waals surface area contributed by atoms with Crippen LogP contribution in [0.1, 0.15) is 45.2 Å².